The predicted molar refractivity (Wildman–Crippen MR) is 142 cm³/mol. The molecule has 0 unspecified atom stereocenters. The molecule has 1 fully saturated rings. The summed E-state index contributed by atoms with van der Waals surface area (Å²) >= 11 is 15.5. The van der Waals surface area contributed by atoms with E-state index in [1.165, 1.54) is 0 Å². The van der Waals surface area contributed by atoms with Gasteiger partial charge in [0, 0.05) is 51.9 Å². The van der Waals surface area contributed by atoms with Crippen LogP contribution in [0.4, 0.5) is 11.6 Å². The summed E-state index contributed by atoms with van der Waals surface area (Å²) in [7, 11) is -3.93. The van der Waals surface area contributed by atoms with E-state index >= 15 is 0 Å². The number of halogens is 3. The zero-order valence-corrected chi connectivity index (χ0v) is 22.3. The molecule has 0 spiro atoms. The van der Waals surface area contributed by atoms with Crippen molar-refractivity contribution in [3.8, 4) is 11.5 Å². The average Bonchev–Trinajstić information content (AvgIpc) is 3.31. The maximum absolute atomic E-state index is 13.6. The van der Waals surface area contributed by atoms with E-state index in [0.29, 0.717) is 41.8 Å². The Balaban J connectivity index is 1.51. The largest absolute Gasteiger partial charge is 0.419 e. The van der Waals surface area contributed by atoms with Gasteiger partial charge in [-0.2, -0.15) is 4.98 Å². The number of oxazole rings is 1. The molecule has 0 N–H and O–H groups in total. The molecule has 180 valence electrons. The van der Waals surface area contributed by atoms with Crippen LogP contribution in [-0.2, 0) is 9.84 Å². The van der Waals surface area contributed by atoms with Crippen molar-refractivity contribution in [2.75, 3.05) is 36.0 Å². The number of benzene rings is 3. The van der Waals surface area contributed by atoms with E-state index in [-0.39, 0.29) is 21.7 Å². The van der Waals surface area contributed by atoms with Gasteiger partial charge in [0.15, 0.2) is 0 Å². The van der Waals surface area contributed by atoms with Crippen LogP contribution < -0.4 is 9.80 Å². The van der Waals surface area contributed by atoms with Crippen LogP contribution in [0.2, 0.25) is 10.0 Å². The topological polar surface area (TPSA) is 66.7 Å². The SMILES string of the molecule is O=S(=O)(c1ccc(Br)cc1)c1nc(-c2ccc(Cl)cc2)oc1N1CCN(c2cccc(Cl)c2)CC1. The van der Waals surface area contributed by atoms with E-state index in [0.717, 1.165) is 10.2 Å². The van der Waals surface area contributed by atoms with Crippen molar-refractivity contribution < 1.29 is 12.8 Å². The third-order valence-corrected chi connectivity index (χ3v) is 8.47. The summed E-state index contributed by atoms with van der Waals surface area (Å²) in [6.45, 7) is 2.47. The van der Waals surface area contributed by atoms with Gasteiger partial charge in [0.05, 0.1) is 4.90 Å². The quantitative estimate of drug-likeness (QED) is 0.261. The van der Waals surface area contributed by atoms with Crippen molar-refractivity contribution in [3.63, 3.8) is 0 Å². The molecule has 2 heterocycles. The van der Waals surface area contributed by atoms with Crippen LogP contribution in [-0.4, -0.2) is 39.6 Å². The summed E-state index contributed by atoms with van der Waals surface area (Å²) < 4.78 is 34.1. The van der Waals surface area contributed by atoms with Crippen LogP contribution in [0.25, 0.3) is 11.5 Å². The molecule has 1 aromatic heterocycles. The Kier molecular flexibility index (Phi) is 6.81. The van der Waals surface area contributed by atoms with Crippen molar-refractivity contribution >= 4 is 60.5 Å². The van der Waals surface area contributed by atoms with Gasteiger partial charge in [-0.15, -0.1) is 0 Å². The predicted octanol–water partition coefficient (Wildman–Crippen LogP) is 6.57. The number of hydrogen-bond donors (Lipinski definition) is 0. The monoisotopic (exact) mass is 591 g/mol. The maximum atomic E-state index is 13.6. The van der Waals surface area contributed by atoms with Gasteiger partial charge in [-0.1, -0.05) is 45.2 Å². The van der Waals surface area contributed by atoms with E-state index < -0.39 is 9.84 Å². The number of anilines is 2. The van der Waals surface area contributed by atoms with Gasteiger partial charge in [0.25, 0.3) is 0 Å². The normalized spacial score (nSPS) is 14.4. The molecule has 0 radical (unpaired) electrons. The Morgan fingerprint density at radius 1 is 0.829 bits per heavy atom. The van der Waals surface area contributed by atoms with Gasteiger partial charge in [0.1, 0.15) is 0 Å². The number of hydrogen-bond acceptors (Lipinski definition) is 6. The molecule has 1 saturated heterocycles. The minimum absolute atomic E-state index is 0.0963. The summed E-state index contributed by atoms with van der Waals surface area (Å²) in [6, 6.07) is 21.1. The average molecular weight is 593 g/mol. The lowest BCUT2D eigenvalue weighted by molar-refractivity contribution is 0.525. The molecule has 0 aliphatic carbocycles. The Morgan fingerprint density at radius 3 is 2.14 bits per heavy atom. The molecule has 0 atom stereocenters. The molecule has 5 rings (SSSR count). The van der Waals surface area contributed by atoms with Crippen LogP contribution in [0.1, 0.15) is 0 Å². The second-order valence-corrected chi connectivity index (χ2v) is 11.7. The van der Waals surface area contributed by atoms with E-state index in [2.05, 4.69) is 25.8 Å². The summed E-state index contributed by atoms with van der Waals surface area (Å²) in [5.41, 5.74) is 1.67. The highest BCUT2D eigenvalue weighted by Gasteiger charge is 2.33. The van der Waals surface area contributed by atoms with Crippen molar-refractivity contribution in [2.45, 2.75) is 9.92 Å². The molecule has 0 bridgehead atoms. The van der Waals surface area contributed by atoms with Crippen molar-refractivity contribution in [3.05, 3.63) is 87.3 Å². The number of nitrogens with zero attached hydrogens (tertiary/aromatic N) is 3. The van der Waals surface area contributed by atoms with Crippen LogP contribution >= 0.6 is 39.1 Å². The van der Waals surface area contributed by atoms with E-state index in [1.54, 1.807) is 48.5 Å². The number of rotatable bonds is 5. The first kappa shape index (κ1) is 24.2. The lowest BCUT2D eigenvalue weighted by Crippen LogP contribution is -2.46. The summed E-state index contributed by atoms with van der Waals surface area (Å²) in [5, 5.41) is 1.15. The Bertz CT molecular complexity index is 1450. The van der Waals surface area contributed by atoms with E-state index in [9.17, 15) is 8.42 Å². The molecule has 10 heteroatoms. The molecule has 6 nitrogen and oxygen atoms in total. The fourth-order valence-corrected chi connectivity index (χ4v) is 5.85. The van der Waals surface area contributed by atoms with Gasteiger partial charge in [0.2, 0.25) is 26.6 Å². The maximum Gasteiger partial charge on any atom is 0.236 e. The molecule has 4 aromatic rings. The lowest BCUT2D eigenvalue weighted by atomic mass is 10.2. The number of piperazine rings is 1. The highest BCUT2D eigenvalue weighted by molar-refractivity contribution is 9.10. The molecule has 0 saturated carbocycles. The first-order valence-electron chi connectivity index (χ1n) is 10.8. The van der Waals surface area contributed by atoms with Crippen LogP contribution in [0, 0.1) is 0 Å². The third-order valence-electron chi connectivity index (χ3n) is 5.79. The van der Waals surface area contributed by atoms with Crippen LogP contribution in [0.15, 0.2) is 91.6 Å². The molecule has 3 aromatic carbocycles. The fourth-order valence-electron chi connectivity index (χ4n) is 3.95. The summed E-state index contributed by atoms with van der Waals surface area (Å²) in [5.74, 6) is 0.466. The third kappa shape index (κ3) is 5.07. The molecule has 1 aliphatic heterocycles. The molecular weight excluding hydrogens is 573 g/mol. The Hall–Kier alpha value is -2.52. The highest BCUT2D eigenvalue weighted by Crippen LogP contribution is 2.36. The van der Waals surface area contributed by atoms with Gasteiger partial charge in [-0.05, 0) is 66.7 Å². The molecule has 0 amide bonds. The smallest absolute Gasteiger partial charge is 0.236 e. The van der Waals surface area contributed by atoms with E-state index in [4.69, 9.17) is 27.6 Å². The van der Waals surface area contributed by atoms with Crippen molar-refractivity contribution in [1.82, 2.24) is 4.98 Å². The van der Waals surface area contributed by atoms with Gasteiger partial charge in [-0.3, -0.25) is 0 Å². The number of aromatic nitrogens is 1. The molecule has 35 heavy (non-hydrogen) atoms. The summed E-state index contributed by atoms with van der Waals surface area (Å²) in [4.78, 5) is 8.75. The van der Waals surface area contributed by atoms with Crippen LogP contribution in [0.3, 0.4) is 0 Å². The van der Waals surface area contributed by atoms with Gasteiger partial charge in [-0.25, -0.2) is 8.42 Å². The minimum Gasteiger partial charge on any atom is -0.419 e. The van der Waals surface area contributed by atoms with Crippen molar-refractivity contribution in [1.29, 1.82) is 0 Å². The van der Waals surface area contributed by atoms with Crippen molar-refractivity contribution in [2.24, 2.45) is 0 Å². The minimum atomic E-state index is -3.93. The second kappa shape index (κ2) is 9.85. The molecule has 1 aliphatic rings. The summed E-state index contributed by atoms with van der Waals surface area (Å²) in [6.07, 6.45) is 0. The Labute approximate surface area is 222 Å². The van der Waals surface area contributed by atoms with Gasteiger partial charge >= 0.3 is 0 Å². The zero-order chi connectivity index (χ0) is 24.6. The number of sulfone groups is 1. The standard InChI is InChI=1S/C25H20BrCl2N3O3S/c26-18-6-10-22(11-7-18)35(32,33)24-25(34-23(29-24)17-4-8-19(27)9-5-17)31-14-12-30(13-15-31)21-3-1-2-20(28)16-21/h1-11,16H,12-15H2. The first-order chi connectivity index (χ1) is 16.8. The Morgan fingerprint density at radius 2 is 1.49 bits per heavy atom. The first-order valence-corrected chi connectivity index (χ1v) is 13.9. The zero-order valence-electron chi connectivity index (χ0n) is 18.4. The van der Waals surface area contributed by atoms with E-state index in [1.807, 2.05) is 29.2 Å². The fraction of sp³-hybridized carbons (Fsp3) is 0.160. The van der Waals surface area contributed by atoms with Gasteiger partial charge < -0.3 is 14.2 Å². The highest BCUT2D eigenvalue weighted by atomic mass is 79.9. The second-order valence-electron chi connectivity index (χ2n) is 8.05. The molecular formula is C25H20BrCl2N3O3S. The lowest BCUT2D eigenvalue weighted by Gasteiger charge is -2.36. The van der Waals surface area contributed by atoms with Crippen LogP contribution in [0.5, 0.6) is 0 Å².